The number of alkyl halides is 6. The van der Waals surface area contributed by atoms with E-state index in [0.717, 1.165) is 57.1 Å². The topological polar surface area (TPSA) is 129 Å². The van der Waals surface area contributed by atoms with Crippen LogP contribution in [-0.4, -0.2) is 90.9 Å². The zero-order chi connectivity index (χ0) is 33.4. The molecule has 3 aromatic rings. The maximum Gasteiger partial charge on any atom is 0.490 e. The number of rotatable bonds is 4. The van der Waals surface area contributed by atoms with Crippen LogP contribution < -0.4 is 0 Å². The number of halogens is 6. The van der Waals surface area contributed by atoms with E-state index in [9.17, 15) is 31.1 Å². The molecule has 10 nitrogen and oxygen atoms in total. The molecule has 0 radical (unpaired) electrons. The number of aromatic nitrogens is 3. The average molecular weight is 644 g/mol. The highest BCUT2D eigenvalue weighted by molar-refractivity contribution is 5.78. The molecule has 4 heterocycles. The van der Waals surface area contributed by atoms with Crippen molar-refractivity contribution >= 4 is 17.8 Å². The first-order chi connectivity index (χ1) is 21.1. The molecule has 45 heavy (non-hydrogen) atoms. The second kappa shape index (κ2) is 14.5. The second-order valence-corrected chi connectivity index (χ2v) is 10.1. The lowest BCUT2D eigenvalue weighted by atomic mass is 9.83. The van der Waals surface area contributed by atoms with Crippen molar-refractivity contribution in [1.82, 2.24) is 24.3 Å². The molecule has 0 unspecified atom stereocenters. The zero-order valence-corrected chi connectivity index (χ0v) is 24.1. The van der Waals surface area contributed by atoms with Crippen molar-refractivity contribution in [3.05, 3.63) is 72.4 Å². The predicted octanol–water partition coefficient (Wildman–Crippen LogP) is 4.61. The number of aliphatic carboxylic acids is 2. The Balaban J connectivity index is 0.000000331. The average Bonchev–Trinajstić information content (AvgIpc) is 3.44. The van der Waals surface area contributed by atoms with E-state index in [-0.39, 0.29) is 11.4 Å². The molecule has 0 saturated carbocycles. The van der Waals surface area contributed by atoms with E-state index in [1.807, 2.05) is 29.3 Å². The third-order valence-corrected chi connectivity index (χ3v) is 7.41. The minimum Gasteiger partial charge on any atom is -0.475 e. The lowest BCUT2D eigenvalue weighted by molar-refractivity contribution is -0.193. The molecule has 2 N–H and O–H groups in total. The van der Waals surface area contributed by atoms with Gasteiger partial charge in [-0.05, 0) is 37.1 Å². The van der Waals surface area contributed by atoms with Gasteiger partial charge in [0.25, 0.3) is 0 Å². The molecule has 2 aromatic heterocycles. The van der Waals surface area contributed by atoms with E-state index in [1.54, 1.807) is 6.20 Å². The van der Waals surface area contributed by atoms with Gasteiger partial charge in [-0.2, -0.15) is 26.3 Å². The van der Waals surface area contributed by atoms with Crippen molar-refractivity contribution in [3.63, 3.8) is 0 Å². The predicted molar refractivity (Wildman–Crippen MR) is 148 cm³/mol. The Kier molecular flexibility index (Phi) is 11.3. The van der Waals surface area contributed by atoms with E-state index in [0.29, 0.717) is 6.42 Å². The Bertz CT molecular complexity index is 1420. The Hall–Kier alpha value is -4.47. The molecule has 5 rings (SSSR count). The van der Waals surface area contributed by atoms with Gasteiger partial charge in [-0.3, -0.25) is 14.7 Å². The summed E-state index contributed by atoms with van der Waals surface area (Å²) in [5.74, 6) is -4.18. The van der Waals surface area contributed by atoms with Crippen LogP contribution in [0.5, 0.6) is 0 Å². The lowest BCUT2D eigenvalue weighted by Crippen LogP contribution is -2.58. The summed E-state index contributed by atoms with van der Waals surface area (Å²) < 4.78 is 65.9. The molecule has 0 aliphatic carbocycles. The molecule has 1 fully saturated rings. The number of amides is 1. The summed E-state index contributed by atoms with van der Waals surface area (Å²) in [7, 11) is 0. The van der Waals surface area contributed by atoms with E-state index < -0.39 is 24.3 Å². The van der Waals surface area contributed by atoms with Gasteiger partial charge in [-0.1, -0.05) is 43.3 Å². The highest BCUT2D eigenvalue weighted by atomic mass is 19.4. The van der Waals surface area contributed by atoms with Crippen molar-refractivity contribution < 1.29 is 50.9 Å². The first-order valence-electron chi connectivity index (χ1n) is 13.7. The molecular weight excluding hydrogens is 612 g/mol. The summed E-state index contributed by atoms with van der Waals surface area (Å²) in [5.41, 5.74) is 3.15. The highest BCUT2D eigenvalue weighted by Crippen LogP contribution is 2.42. The number of likely N-dealkylation sites (tertiary alicyclic amines) is 1. The number of pyridine rings is 1. The van der Waals surface area contributed by atoms with Gasteiger partial charge >= 0.3 is 24.3 Å². The minimum absolute atomic E-state index is 0.0954. The van der Waals surface area contributed by atoms with Crippen LogP contribution in [0, 0.1) is 0 Å². The summed E-state index contributed by atoms with van der Waals surface area (Å²) in [6, 6.07) is 16.3. The summed E-state index contributed by atoms with van der Waals surface area (Å²) in [5, 5.41) is 14.2. The van der Waals surface area contributed by atoms with Crippen LogP contribution in [0.3, 0.4) is 0 Å². The molecule has 1 spiro atoms. The number of carbonyl (C=O) groups is 3. The van der Waals surface area contributed by atoms with E-state index in [2.05, 4.69) is 51.7 Å². The Morgan fingerprint density at radius 1 is 0.822 bits per heavy atom. The quantitative estimate of drug-likeness (QED) is 0.395. The van der Waals surface area contributed by atoms with Crippen molar-refractivity contribution in [2.24, 2.45) is 0 Å². The SMILES string of the molecule is CCN1CCn2c(-c3ccccc3)cnc2C12CCN(C(=O)Cc1ccccn1)CC2.O=C(O)C(F)(F)F.O=C(O)C(F)(F)F. The Labute approximate surface area is 253 Å². The van der Waals surface area contributed by atoms with Gasteiger partial charge in [0.1, 0.15) is 5.82 Å². The Morgan fingerprint density at radius 2 is 1.38 bits per heavy atom. The summed E-state index contributed by atoms with van der Waals surface area (Å²) >= 11 is 0. The molecule has 2 aliphatic heterocycles. The summed E-state index contributed by atoms with van der Waals surface area (Å²) in [4.78, 5) is 44.5. The summed E-state index contributed by atoms with van der Waals surface area (Å²) in [6.07, 6.45) is -4.18. The number of hydrogen-bond donors (Lipinski definition) is 2. The molecular formula is C29H31F6N5O5. The first kappa shape index (κ1) is 35.0. The molecule has 1 amide bonds. The maximum absolute atomic E-state index is 12.9. The molecule has 244 valence electrons. The van der Waals surface area contributed by atoms with Gasteiger partial charge < -0.3 is 19.7 Å². The van der Waals surface area contributed by atoms with Crippen molar-refractivity contribution in [2.45, 2.75) is 50.6 Å². The van der Waals surface area contributed by atoms with Crippen LogP contribution in [0.2, 0.25) is 0 Å². The maximum atomic E-state index is 12.9. The lowest BCUT2D eigenvalue weighted by Gasteiger charge is -2.50. The molecule has 1 aromatic carbocycles. The third-order valence-electron chi connectivity index (χ3n) is 7.41. The van der Waals surface area contributed by atoms with Gasteiger partial charge in [-0.25, -0.2) is 14.6 Å². The number of carboxylic acid groups (broad SMARTS) is 2. The number of carboxylic acids is 2. The Morgan fingerprint density at radius 3 is 1.87 bits per heavy atom. The van der Waals surface area contributed by atoms with Gasteiger partial charge in [-0.15, -0.1) is 0 Å². The number of carbonyl (C=O) groups excluding carboxylic acids is 1. The first-order valence-corrected chi connectivity index (χ1v) is 13.7. The monoisotopic (exact) mass is 643 g/mol. The molecule has 2 aliphatic rings. The van der Waals surface area contributed by atoms with Crippen LogP contribution in [-0.2, 0) is 32.9 Å². The van der Waals surface area contributed by atoms with Crippen LogP contribution in [0.15, 0.2) is 60.9 Å². The number of likely N-dealkylation sites (N-methyl/N-ethyl adjacent to an activating group) is 1. The van der Waals surface area contributed by atoms with E-state index in [1.165, 1.54) is 11.3 Å². The number of piperidine rings is 1. The van der Waals surface area contributed by atoms with Crippen molar-refractivity contribution in [2.75, 3.05) is 26.2 Å². The number of hydrogen-bond acceptors (Lipinski definition) is 6. The molecule has 16 heteroatoms. The van der Waals surface area contributed by atoms with Crippen LogP contribution >= 0.6 is 0 Å². The van der Waals surface area contributed by atoms with Gasteiger partial charge in [0, 0.05) is 38.1 Å². The number of benzene rings is 1. The van der Waals surface area contributed by atoms with Crippen molar-refractivity contribution in [3.8, 4) is 11.3 Å². The van der Waals surface area contributed by atoms with Crippen molar-refractivity contribution in [1.29, 1.82) is 0 Å². The standard InChI is InChI=1S/C25H29N5O.2C2HF3O2/c1-2-29-16-17-30-22(20-8-4-3-5-9-20)19-27-24(30)25(29)11-14-28(15-12-25)23(31)18-21-10-6-7-13-26-21;2*3-2(4,5)1(6)7/h3-10,13,19H,2,11-12,14-18H2,1H3;2*(H,6,7). The van der Waals surface area contributed by atoms with E-state index >= 15 is 0 Å². The normalized spacial score (nSPS) is 16.0. The smallest absolute Gasteiger partial charge is 0.475 e. The van der Waals surface area contributed by atoms with E-state index in [4.69, 9.17) is 24.8 Å². The number of fused-ring (bicyclic) bond motifs is 2. The van der Waals surface area contributed by atoms with Crippen LogP contribution in [0.1, 0.15) is 31.3 Å². The fourth-order valence-corrected chi connectivity index (χ4v) is 5.29. The van der Waals surface area contributed by atoms with Crippen LogP contribution in [0.4, 0.5) is 26.3 Å². The molecule has 0 bridgehead atoms. The molecule has 1 saturated heterocycles. The third kappa shape index (κ3) is 8.80. The number of nitrogens with zero attached hydrogens (tertiary/aromatic N) is 5. The van der Waals surface area contributed by atoms with Gasteiger partial charge in [0.2, 0.25) is 5.91 Å². The zero-order valence-electron chi connectivity index (χ0n) is 24.1. The van der Waals surface area contributed by atoms with Crippen LogP contribution in [0.25, 0.3) is 11.3 Å². The van der Waals surface area contributed by atoms with Gasteiger partial charge in [0.05, 0.1) is 23.9 Å². The highest BCUT2D eigenvalue weighted by Gasteiger charge is 2.47. The minimum atomic E-state index is -5.08. The second-order valence-electron chi connectivity index (χ2n) is 10.1. The number of imidazole rings is 1. The summed E-state index contributed by atoms with van der Waals surface area (Å²) in [6.45, 7) is 6.72. The fourth-order valence-electron chi connectivity index (χ4n) is 5.29. The van der Waals surface area contributed by atoms with Gasteiger partial charge in [0.15, 0.2) is 0 Å². The fraction of sp³-hybridized carbons (Fsp3) is 0.414. The molecule has 0 atom stereocenters. The largest absolute Gasteiger partial charge is 0.490 e.